The Morgan fingerprint density at radius 1 is 0.407 bits per heavy atom. The molecule has 12 rings (SSSR count). The second kappa shape index (κ2) is 13.1. The summed E-state index contributed by atoms with van der Waals surface area (Å²) in [7, 11) is 0. The van der Waals surface area contributed by atoms with Crippen molar-refractivity contribution in [2.45, 2.75) is 6.92 Å². The van der Waals surface area contributed by atoms with E-state index in [-0.39, 0.29) is 0 Å². The lowest BCUT2D eigenvalue weighted by atomic mass is 9.83. The van der Waals surface area contributed by atoms with Gasteiger partial charge in [-0.3, -0.25) is 0 Å². The van der Waals surface area contributed by atoms with Crippen LogP contribution in [0.4, 0.5) is 0 Å². The molecule has 276 valence electrons. The first-order chi connectivity index (χ1) is 29.1. The van der Waals surface area contributed by atoms with Crippen molar-refractivity contribution in [3.63, 3.8) is 0 Å². The van der Waals surface area contributed by atoms with Crippen LogP contribution in [0.3, 0.4) is 0 Å². The van der Waals surface area contributed by atoms with E-state index in [4.69, 9.17) is 4.42 Å². The SMILES string of the molecule is C=Cc1sc2cc(-c3ccc(-c4c5ccccc5c(-c5cccc6ccccc56)c5ccccc45)c4ccccc34)ccc2c1-c1cc2oc3ccccc3c2cc1C. The number of hydrogen-bond donors (Lipinski definition) is 0. The molecule has 0 saturated heterocycles. The summed E-state index contributed by atoms with van der Waals surface area (Å²) in [6, 6.07) is 66.8. The van der Waals surface area contributed by atoms with E-state index in [1.54, 1.807) is 11.3 Å². The molecular weight excluding hydrogens is 733 g/mol. The van der Waals surface area contributed by atoms with Gasteiger partial charge in [-0.15, -0.1) is 11.3 Å². The van der Waals surface area contributed by atoms with E-state index >= 15 is 0 Å². The summed E-state index contributed by atoms with van der Waals surface area (Å²) >= 11 is 1.81. The quantitative estimate of drug-likeness (QED) is 0.159. The molecule has 0 N–H and O–H groups in total. The highest BCUT2D eigenvalue weighted by Crippen LogP contribution is 2.49. The predicted molar refractivity (Wildman–Crippen MR) is 256 cm³/mol. The normalized spacial score (nSPS) is 11.9. The fourth-order valence-corrected chi connectivity index (χ4v) is 10.9. The van der Waals surface area contributed by atoms with E-state index in [1.165, 1.54) is 108 Å². The zero-order valence-electron chi connectivity index (χ0n) is 32.4. The zero-order chi connectivity index (χ0) is 39.2. The minimum Gasteiger partial charge on any atom is -0.456 e. The summed E-state index contributed by atoms with van der Waals surface area (Å²) in [5.74, 6) is 0. The van der Waals surface area contributed by atoms with Gasteiger partial charge in [-0.1, -0.05) is 170 Å². The number of rotatable bonds is 5. The van der Waals surface area contributed by atoms with Gasteiger partial charge in [0.05, 0.1) is 0 Å². The summed E-state index contributed by atoms with van der Waals surface area (Å²) in [6.45, 7) is 6.47. The van der Waals surface area contributed by atoms with Crippen molar-refractivity contribution in [1.82, 2.24) is 0 Å². The van der Waals surface area contributed by atoms with Crippen LogP contribution in [0, 0.1) is 6.92 Å². The van der Waals surface area contributed by atoms with Crippen LogP contribution in [0.2, 0.25) is 0 Å². The molecule has 0 aliphatic heterocycles. The maximum absolute atomic E-state index is 6.36. The van der Waals surface area contributed by atoms with Gasteiger partial charge in [0.15, 0.2) is 0 Å². The Morgan fingerprint density at radius 2 is 0.966 bits per heavy atom. The van der Waals surface area contributed by atoms with Crippen LogP contribution >= 0.6 is 11.3 Å². The van der Waals surface area contributed by atoms with E-state index in [9.17, 15) is 0 Å². The molecule has 0 aliphatic carbocycles. The number of hydrogen-bond acceptors (Lipinski definition) is 2. The van der Waals surface area contributed by atoms with E-state index in [0.29, 0.717) is 0 Å². The number of para-hydroxylation sites is 1. The molecular formula is C57H36OS. The number of thiophene rings is 1. The van der Waals surface area contributed by atoms with Gasteiger partial charge < -0.3 is 4.42 Å². The van der Waals surface area contributed by atoms with E-state index in [2.05, 4.69) is 183 Å². The van der Waals surface area contributed by atoms with Crippen LogP contribution in [-0.2, 0) is 0 Å². The monoisotopic (exact) mass is 768 g/mol. The highest BCUT2D eigenvalue weighted by Gasteiger charge is 2.21. The summed E-state index contributed by atoms with van der Waals surface area (Å²) in [4.78, 5) is 1.17. The van der Waals surface area contributed by atoms with Crippen molar-refractivity contribution in [2.24, 2.45) is 0 Å². The number of benzene rings is 10. The molecule has 0 amide bonds. The summed E-state index contributed by atoms with van der Waals surface area (Å²) < 4.78 is 7.60. The molecule has 12 aromatic rings. The summed E-state index contributed by atoms with van der Waals surface area (Å²) in [6.07, 6.45) is 2.01. The van der Waals surface area contributed by atoms with E-state index < -0.39 is 0 Å². The highest BCUT2D eigenvalue weighted by molar-refractivity contribution is 7.20. The number of aryl methyl sites for hydroxylation is 1. The topological polar surface area (TPSA) is 13.1 Å². The van der Waals surface area contributed by atoms with Crippen LogP contribution in [0.5, 0.6) is 0 Å². The Hall–Kier alpha value is -7.26. The molecule has 2 heterocycles. The molecule has 0 bridgehead atoms. The Bertz CT molecular complexity index is 3650. The molecule has 0 spiro atoms. The number of fused-ring (bicyclic) bond motifs is 8. The van der Waals surface area contributed by atoms with Gasteiger partial charge in [0.2, 0.25) is 0 Å². The van der Waals surface area contributed by atoms with Gasteiger partial charge in [-0.25, -0.2) is 0 Å². The third-order valence-corrected chi connectivity index (χ3v) is 13.5. The molecule has 10 aromatic carbocycles. The minimum atomic E-state index is 0.910. The van der Waals surface area contributed by atoms with Gasteiger partial charge in [-0.2, -0.15) is 0 Å². The molecule has 0 radical (unpaired) electrons. The van der Waals surface area contributed by atoms with E-state index in [0.717, 1.165) is 21.9 Å². The highest BCUT2D eigenvalue weighted by atomic mass is 32.1. The fourth-order valence-electron chi connectivity index (χ4n) is 9.77. The van der Waals surface area contributed by atoms with Gasteiger partial charge in [0.25, 0.3) is 0 Å². The van der Waals surface area contributed by atoms with Crippen molar-refractivity contribution in [2.75, 3.05) is 0 Å². The van der Waals surface area contributed by atoms with Crippen LogP contribution in [0.15, 0.2) is 193 Å². The van der Waals surface area contributed by atoms with Crippen LogP contribution in [0.25, 0.3) is 126 Å². The first-order valence-electron chi connectivity index (χ1n) is 20.2. The Morgan fingerprint density at radius 3 is 1.66 bits per heavy atom. The fraction of sp³-hybridized carbons (Fsp3) is 0.0175. The van der Waals surface area contributed by atoms with E-state index in [1.807, 2.05) is 18.2 Å². The maximum atomic E-state index is 6.36. The van der Waals surface area contributed by atoms with Crippen molar-refractivity contribution in [1.29, 1.82) is 0 Å². The lowest BCUT2D eigenvalue weighted by Gasteiger charge is -2.20. The minimum absolute atomic E-state index is 0.910. The Kier molecular flexibility index (Phi) is 7.54. The Balaban J connectivity index is 1.04. The van der Waals surface area contributed by atoms with Crippen LogP contribution < -0.4 is 0 Å². The second-order valence-electron chi connectivity index (χ2n) is 15.6. The molecule has 1 nitrogen and oxygen atoms in total. The van der Waals surface area contributed by atoms with Crippen LogP contribution in [0.1, 0.15) is 10.4 Å². The molecule has 0 fully saturated rings. The molecule has 59 heavy (non-hydrogen) atoms. The standard InChI is InChI=1S/C57H36OS/c1-3-53-57(49-33-52-50(31-34(49)2)41-20-12-13-26-51(41)58-52)48-28-27-36(32-54(48)59-53)38-29-30-47(40-19-7-6-18-39(38)40)56-45-23-10-8-21-43(45)55(44-22-9-11-24-46(44)56)42-25-14-16-35-15-4-5-17-37(35)42/h3-33H,1H2,2H3. The summed E-state index contributed by atoms with van der Waals surface area (Å²) in [5, 5.41) is 13.6. The second-order valence-corrected chi connectivity index (χ2v) is 16.7. The first kappa shape index (κ1) is 33.8. The zero-order valence-corrected chi connectivity index (χ0v) is 33.2. The van der Waals surface area contributed by atoms with Crippen LogP contribution in [-0.4, -0.2) is 0 Å². The smallest absolute Gasteiger partial charge is 0.136 e. The lowest BCUT2D eigenvalue weighted by Crippen LogP contribution is -1.93. The van der Waals surface area contributed by atoms with Gasteiger partial charge in [0.1, 0.15) is 11.2 Å². The summed E-state index contributed by atoms with van der Waals surface area (Å²) in [5.41, 5.74) is 12.9. The van der Waals surface area contributed by atoms with Gasteiger partial charge in [-0.05, 0) is 119 Å². The average molecular weight is 769 g/mol. The molecule has 0 unspecified atom stereocenters. The molecule has 2 aromatic heterocycles. The first-order valence-corrected chi connectivity index (χ1v) is 21.0. The molecule has 0 aliphatic rings. The lowest BCUT2D eigenvalue weighted by molar-refractivity contribution is 0.669. The van der Waals surface area contributed by atoms with Gasteiger partial charge in [0, 0.05) is 31.3 Å². The van der Waals surface area contributed by atoms with Crippen molar-refractivity contribution < 1.29 is 4.42 Å². The van der Waals surface area contributed by atoms with Gasteiger partial charge >= 0.3 is 0 Å². The third-order valence-electron chi connectivity index (χ3n) is 12.4. The predicted octanol–water partition coefficient (Wildman–Crippen LogP) is 17.0. The molecule has 0 atom stereocenters. The maximum Gasteiger partial charge on any atom is 0.136 e. The molecule has 0 saturated carbocycles. The van der Waals surface area contributed by atoms with Crippen molar-refractivity contribution in [3.05, 3.63) is 199 Å². The van der Waals surface area contributed by atoms with Crippen molar-refractivity contribution >= 4 is 92.5 Å². The Labute approximate surface area is 345 Å². The largest absolute Gasteiger partial charge is 0.456 e. The van der Waals surface area contributed by atoms with Crippen molar-refractivity contribution in [3.8, 4) is 44.5 Å². The molecule has 2 heteroatoms. The number of furan rings is 1. The third kappa shape index (κ3) is 5.10. The average Bonchev–Trinajstić information content (AvgIpc) is 3.84.